The summed E-state index contributed by atoms with van der Waals surface area (Å²) in [6, 6.07) is 0. The summed E-state index contributed by atoms with van der Waals surface area (Å²) in [7, 11) is 0. The average Bonchev–Trinajstić information content (AvgIpc) is 1.12. The van der Waals surface area contributed by atoms with Crippen LogP contribution in [0, 0.1) is 0 Å². The Labute approximate surface area is 113 Å². The van der Waals surface area contributed by atoms with Gasteiger partial charge >= 0.3 is 0 Å². The molecule has 0 amide bonds. The van der Waals surface area contributed by atoms with Gasteiger partial charge in [-0.2, -0.15) is 0 Å². The maximum atomic E-state index is 8.52. The second-order valence-electron chi connectivity index (χ2n) is 4.34. The number of hydrogen-bond acceptors (Lipinski definition) is 2. The molecule has 0 aromatic rings. The first-order valence-corrected chi connectivity index (χ1v) is 3.45. The molecule has 2 N–H and O–H groups in total. The van der Waals surface area contributed by atoms with Gasteiger partial charge in [-0.3, -0.25) is 0 Å². The van der Waals surface area contributed by atoms with Crippen LogP contribution in [0.1, 0.15) is 41.5 Å². The number of rotatable bonds is 0. The molecule has 0 aliphatic rings. The summed E-state index contributed by atoms with van der Waals surface area (Å²) in [6.45, 7) is 10.5. The predicted molar refractivity (Wildman–Crippen MR) is 43.9 cm³/mol. The monoisotopic (exact) mass is 398 g/mol. The van der Waals surface area contributed by atoms with E-state index in [4.69, 9.17) is 10.2 Å². The summed E-state index contributed by atoms with van der Waals surface area (Å²) in [4.78, 5) is 0. The molecule has 0 aromatic carbocycles. The fourth-order valence-electron chi connectivity index (χ4n) is 0. The molecule has 13 heavy (non-hydrogen) atoms. The van der Waals surface area contributed by atoms with Crippen molar-refractivity contribution in [3.63, 3.8) is 0 Å². The Morgan fingerprint density at radius 3 is 0.615 bits per heavy atom. The van der Waals surface area contributed by atoms with Gasteiger partial charge in [0.2, 0.25) is 0 Å². The third-order valence-corrected chi connectivity index (χ3v) is 0. The van der Waals surface area contributed by atoms with Crippen molar-refractivity contribution < 1.29 is 60.9 Å². The zero-order valence-electron chi connectivity index (χ0n) is 9.15. The molecule has 5 heteroatoms. The largest absolute Gasteiger partial charge is 1.00 e. The van der Waals surface area contributed by atoms with Crippen molar-refractivity contribution >= 4 is 0 Å². The van der Waals surface area contributed by atoms with Gasteiger partial charge in [0.1, 0.15) is 0 Å². The summed E-state index contributed by atoms with van der Waals surface area (Å²) in [6.07, 6.45) is 0. The molecule has 0 unspecified atom stereocenters. The number of hydrogen-bond donors (Lipinski definition) is 2. The van der Waals surface area contributed by atoms with Crippen molar-refractivity contribution in [1.29, 1.82) is 0 Å². The van der Waals surface area contributed by atoms with Crippen LogP contribution in [0.4, 0.5) is 0 Å². The Hall–Kier alpha value is 1.37. The molecular weight excluding hydrogens is 377 g/mol. The first-order valence-electron chi connectivity index (χ1n) is 3.45. The van der Waals surface area contributed by atoms with Gasteiger partial charge in [-0.15, -0.1) is 0 Å². The molecular formula is C8H20Cl2HfO2-2. The van der Waals surface area contributed by atoms with Gasteiger partial charge in [0.05, 0.1) is 11.2 Å². The molecule has 0 atom stereocenters. The summed E-state index contributed by atoms with van der Waals surface area (Å²) in [5.74, 6) is 0. The van der Waals surface area contributed by atoms with Crippen molar-refractivity contribution in [1.82, 2.24) is 0 Å². The van der Waals surface area contributed by atoms with E-state index in [1.165, 1.54) is 0 Å². The Morgan fingerprint density at radius 2 is 0.615 bits per heavy atom. The second kappa shape index (κ2) is 11.4. The molecule has 0 saturated carbocycles. The molecule has 0 aliphatic heterocycles. The van der Waals surface area contributed by atoms with Crippen LogP contribution in [0.15, 0.2) is 0 Å². The van der Waals surface area contributed by atoms with E-state index >= 15 is 0 Å². The molecule has 0 bridgehead atoms. The van der Waals surface area contributed by atoms with E-state index in [9.17, 15) is 0 Å². The summed E-state index contributed by atoms with van der Waals surface area (Å²) >= 11 is 0. The van der Waals surface area contributed by atoms with Gasteiger partial charge in [0.25, 0.3) is 0 Å². The average molecular weight is 398 g/mol. The zero-order chi connectivity index (χ0) is 9.00. The van der Waals surface area contributed by atoms with E-state index in [2.05, 4.69) is 0 Å². The molecule has 0 aliphatic carbocycles. The quantitative estimate of drug-likeness (QED) is 0.405. The van der Waals surface area contributed by atoms with E-state index in [1.54, 1.807) is 41.5 Å². The number of halogens is 2. The fourth-order valence-corrected chi connectivity index (χ4v) is 0. The van der Waals surface area contributed by atoms with E-state index in [1.807, 2.05) is 0 Å². The van der Waals surface area contributed by atoms with E-state index in [0.717, 1.165) is 0 Å². The molecule has 84 valence electrons. The third-order valence-electron chi connectivity index (χ3n) is 0. The van der Waals surface area contributed by atoms with E-state index in [0.29, 0.717) is 0 Å². The van der Waals surface area contributed by atoms with E-state index in [-0.39, 0.29) is 50.7 Å². The third kappa shape index (κ3) is 921. The molecule has 0 spiro atoms. The molecule has 0 fully saturated rings. The SMILES string of the molecule is CC(C)(C)O.CC(C)(C)O.[Cl-].[Cl-].[Hf]. The predicted octanol–water partition coefficient (Wildman–Crippen LogP) is -4.44. The standard InChI is InChI=1S/2C4H10O.2ClH.Hf/c2*1-4(2,3)5;;;/h2*5H,1-3H3;2*1H;/p-2. The van der Waals surface area contributed by atoms with Gasteiger partial charge in [-0.1, -0.05) is 0 Å². The topological polar surface area (TPSA) is 40.5 Å². The van der Waals surface area contributed by atoms with Crippen LogP contribution in [0.5, 0.6) is 0 Å². The van der Waals surface area contributed by atoms with Crippen LogP contribution < -0.4 is 24.8 Å². The molecule has 2 nitrogen and oxygen atoms in total. The molecule has 0 heterocycles. The van der Waals surface area contributed by atoms with Crippen LogP contribution in [0.2, 0.25) is 0 Å². The van der Waals surface area contributed by atoms with E-state index < -0.39 is 11.2 Å². The van der Waals surface area contributed by atoms with Gasteiger partial charge in [0.15, 0.2) is 0 Å². The fraction of sp³-hybridized carbons (Fsp3) is 1.00. The molecule has 0 rings (SSSR count). The summed E-state index contributed by atoms with van der Waals surface area (Å²) in [5, 5.41) is 17.0. The maximum absolute atomic E-state index is 8.52. The number of aliphatic hydroxyl groups is 2. The smallest absolute Gasteiger partial charge is 0.0563 e. The normalized spacial score (nSPS) is 9.23. The minimum absolute atomic E-state index is 0. The Balaban J connectivity index is -0.0000000267. The molecule has 0 saturated heterocycles. The van der Waals surface area contributed by atoms with Crippen LogP contribution in [-0.2, 0) is 25.8 Å². The van der Waals surface area contributed by atoms with Crippen molar-refractivity contribution in [3.05, 3.63) is 0 Å². The Morgan fingerprint density at radius 1 is 0.615 bits per heavy atom. The summed E-state index contributed by atoms with van der Waals surface area (Å²) in [5.41, 5.74) is -1.00. The van der Waals surface area contributed by atoms with Gasteiger partial charge in [-0.25, -0.2) is 0 Å². The van der Waals surface area contributed by atoms with Crippen molar-refractivity contribution in [2.75, 3.05) is 0 Å². The van der Waals surface area contributed by atoms with Gasteiger partial charge < -0.3 is 35.0 Å². The van der Waals surface area contributed by atoms with Gasteiger partial charge in [-0.05, 0) is 41.5 Å². The van der Waals surface area contributed by atoms with Crippen molar-refractivity contribution in [2.45, 2.75) is 52.7 Å². The minimum atomic E-state index is -0.500. The molecule has 0 radical (unpaired) electrons. The maximum Gasteiger partial charge on any atom is 0.0563 e. The zero-order valence-corrected chi connectivity index (χ0v) is 14.3. The molecule has 0 aromatic heterocycles. The minimum Gasteiger partial charge on any atom is -1.00 e. The van der Waals surface area contributed by atoms with Crippen molar-refractivity contribution in [3.8, 4) is 0 Å². The van der Waals surface area contributed by atoms with Crippen LogP contribution in [0.3, 0.4) is 0 Å². The summed E-state index contributed by atoms with van der Waals surface area (Å²) < 4.78 is 0. The Bertz CT molecular complexity index is 63.1. The second-order valence-corrected chi connectivity index (χ2v) is 4.34. The Kier molecular flexibility index (Phi) is 25.8. The van der Waals surface area contributed by atoms with Crippen LogP contribution in [0.25, 0.3) is 0 Å². The van der Waals surface area contributed by atoms with Crippen molar-refractivity contribution in [2.24, 2.45) is 0 Å². The van der Waals surface area contributed by atoms with Crippen LogP contribution in [-0.4, -0.2) is 21.4 Å². The van der Waals surface area contributed by atoms with Crippen LogP contribution >= 0.6 is 0 Å². The van der Waals surface area contributed by atoms with Gasteiger partial charge in [0, 0.05) is 25.8 Å². The first kappa shape index (κ1) is 29.3. The first-order chi connectivity index (χ1) is 4.00.